The number of sulfone groups is 1. The van der Waals surface area contributed by atoms with E-state index < -0.39 is 9.84 Å². The summed E-state index contributed by atoms with van der Waals surface area (Å²) >= 11 is 0. The summed E-state index contributed by atoms with van der Waals surface area (Å²) < 4.78 is 22.9. The highest BCUT2D eigenvalue weighted by Crippen LogP contribution is 2.30. The van der Waals surface area contributed by atoms with Crippen molar-refractivity contribution in [2.45, 2.75) is 36.2 Å². The van der Waals surface area contributed by atoms with Gasteiger partial charge in [0.2, 0.25) is 5.91 Å². The molecule has 3 rings (SSSR count). The van der Waals surface area contributed by atoms with Crippen LogP contribution in [0.1, 0.15) is 29.6 Å². The van der Waals surface area contributed by atoms with Gasteiger partial charge in [0.25, 0.3) is 5.91 Å². The van der Waals surface area contributed by atoms with Gasteiger partial charge in [0, 0.05) is 36.9 Å². The van der Waals surface area contributed by atoms with Crippen molar-refractivity contribution in [3.05, 3.63) is 29.8 Å². The van der Waals surface area contributed by atoms with Gasteiger partial charge in [0.05, 0.1) is 4.90 Å². The van der Waals surface area contributed by atoms with Gasteiger partial charge in [-0.3, -0.25) is 9.59 Å². The number of nitrogens with one attached hydrogen (secondary N) is 1. The lowest BCUT2D eigenvalue weighted by Gasteiger charge is -2.27. The monoisotopic (exact) mass is 322 g/mol. The van der Waals surface area contributed by atoms with Gasteiger partial charge >= 0.3 is 0 Å². The van der Waals surface area contributed by atoms with E-state index >= 15 is 0 Å². The molecule has 0 radical (unpaired) electrons. The highest BCUT2D eigenvalue weighted by Gasteiger charge is 2.40. The Morgan fingerprint density at radius 1 is 1.18 bits per heavy atom. The standard InChI is InChI=1S/C15H18N2O4S/c1-22(20,21)13-6-2-10(3-7-13)15(19)17-11-4-5-12(17)9-16-14(18)8-11/h2-3,6-7,11-12H,4-5,8-9H2,1H3,(H,16,18). The Balaban J connectivity index is 1.86. The fraction of sp³-hybridized carbons (Fsp3) is 0.467. The quantitative estimate of drug-likeness (QED) is 0.863. The molecular formula is C15H18N2O4S. The Labute approximate surface area is 129 Å². The summed E-state index contributed by atoms with van der Waals surface area (Å²) in [6.45, 7) is 0.489. The lowest BCUT2D eigenvalue weighted by atomic mass is 10.1. The summed E-state index contributed by atoms with van der Waals surface area (Å²) in [5.41, 5.74) is 0.457. The average Bonchev–Trinajstić information content (AvgIpc) is 2.77. The number of nitrogens with zero attached hydrogens (tertiary/aromatic N) is 1. The van der Waals surface area contributed by atoms with E-state index in [1.165, 1.54) is 24.3 Å². The third-order valence-corrected chi connectivity index (χ3v) is 5.47. The van der Waals surface area contributed by atoms with E-state index in [0.29, 0.717) is 18.5 Å². The first-order valence-corrected chi connectivity index (χ1v) is 9.15. The normalized spacial score (nSPS) is 24.8. The van der Waals surface area contributed by atoms with Gasteiger partial charge in [-0.05, 0) is 37.1 Å². The molecule has 2 aliphatic heterocycles. The fourth-order valence-corrected chi connectivity index (χ4v) is 3.84. The fourth-order valence-electron chi connectivity index (χ4n) is 3.21. The Bertz CT molecular complexity index is 712. The molecule has 0 saturated carbocycles. The van der Waals surface area contributed by atoms with E-state index in [-0.39, 0.29) is 28.8 Å². The zero-order chi connectivity index (χ0) is 15.9. The number of benzene rings is 1. The summed E-state index contributed by atoms with van der Waals surface area (Å²) in [7, 11) is -3.27. The number of carbonyl (C=O) groups excluding carboxylic acids is 2. The summed E-state index contributed by atoms with van der Waals surface area (Å²) in [6.07, 6.45) is 3.20. The van der Waals surface area contributed by atoms with Crippen LogP contribution in [0.15, 0.2) is 29.2 Å². The Morgan fingerprint density at radius 3 is 2.45 bits per heavy atom. The van der Waals surface area contributed by atoms with Gasteiger partial charge in [-0.25, -0.2) is 8.42 Å². The molecule has 0 spiro atoms. The van der Waals surface area contributed by atoms with Crippen LogP contribution in [0.3, 0.4) is 0 Å². The molecule has 6 nitrogen and oxygen atoms in total. The van der Waals surface area contributed by atoms with Gasteiger partial charge in [-0.2, -0.15) is 0 Å². The van der Waals surface area contributed by atoms with E-state index in [9.17, 15) is 18.0 Å². The van der Waals surface area contributed by atoms with Gasteiger partial charge in [0.15, 0.2) is 9.84 Å². The van der Waals surface area contributed by atoms with Crippen LogP contribution in [0.2, 0.25) is 0 Å². The Kier molecular flexibility index (Phi) is 3.68. The third kappa shape index (κ3) is 2.72. The summed E-state index contributed by atoms with van der Waals surface area (Å²) in [5, 5.41) is 2.83. The van der Waals surface area contributed by atoms with E-state index in [4.69, 9.17) is 0 Å². The predicted octanol–water partition coefficient (Wildman–Crippen LogP) is 0.583. The maximum atomic E-state index is 12.7. The molecule has 1 aromatic rings. The number of carbonyl (C=O) groups is 2. The zero-order valence-electron chi connectivity index (χ0n) is 12.3. The average molecular weight is 322 g/mol. The minimum Gasteiger partial charge on any atom is -0.354 e. The molecule has 2 aliphatic rings. The Morgan fingerprint density at radius 2 is 1.82 bits per heavy atom. The van der Waals surface area contributed by atoms with Crippen molar-refractivity contribution < 1.29 is 18.0 Å². The molecule has 2 unspecified atom stereocenters. The van der Waals surface area contributed by atoms with E-state index in [2.05, 4.69) is 5.32 Å². The maximum absolute atomic E-state index is 12.7. The topological polar surface area (TPSA) is 83.6 Å². The van der Waals surface area contributed by atoms with Crippen molar-refractivity contribution in [3.63, 3.8) is 0 Å². The Hall–Kier alpha value is -1.89. The van der Waals surface area contributed by atoms with Crippen LogP contribution < -0.4 is 5.32 Å². The van der Waals surface area contributed by atoms with Crippen LogP contribution >= 0.6 is 0 Å². The largest absolute Gasteiger partial charge is 0.354 e. The molecule has 2 bridgehead atoms. The number of fused-ring (bicyclic) bond motifs is 2. The highest BCUT2D eigenvalue weighted by molar-refractivity contribution is 7.90. The summed E-state index contributed by atoms with van der Waals surface area (Å²) in [6, 6.07) is 5.95. The second kappa shape index (κ2) is 5.39. The molecule has 2 amide bonds. The maximum Gasteiger partial charge on any atom is 0.254 e. The van der Waals surface area contributed by atoms with Crippen molar-refractivity contribution in [1.82, 2.24) is 10.2 Å². The van der Waals surface area contributed by atoms with Crippen LogP contribution in [-0.2, 0) is 14.6 Å². The molecule has 118 valence electrons. The number of hydrogen-bond acceptors (Lipinski definition) is 4. The van der Waals surface area contributed by atoms with Gasteiger partial charge in [-0.1, -0.05) is 0 Å². The molecule has 2 saturated heterocycles. The highest BCUT2D eigenvalue weighted by atomic mass is 32.2. The van der Waals surface area contributed by atoms with Crippen molar-refractivity contribution in [2.75, 3.05) is 12.8 Å². The molecule has 2 atom stereocenters. The van der Waals surface area contributed by atoms with Crippen LogP contribution in [0.5, 0.6) is 0 Å². The second-order valence-corrected chi connectivity index (χ2v) is 7.92. The van der Waals surface area contributed by atoms with Gasteiger partial charge in [-0.15, -0.1) is 0 Å². The van der Waals surface area contributed by atoms with E-state index in [0.717, 1.165) is 19.1 Å². The molecule has 2 heterocycles. The van der Waals surface area contributed by atoms with E-state index in [1.54, 1.807) is 4.90 Å². The zero-order valence-corrected chi connectivity index (χ0v) is 13.1. The molecule has 22 heavy (non-hydrogen) atoms. The number of rotatable bonds is 2. The third-order valence-electron chi connectivity index (χ3n) is 4.34. The molecule has 0 aromatic heterocycles. The molecule has 0 aliphatic carbocycles. The number of amides is 2. The van der Waals surface area contributed by atoms with Crippen LogP contribution in [-0.4, -0.2) is 50.0 Å². The smallest absolute Gasteiger partial charge is 0.254 e. The minimum atomic E-state index is -3.27. The first-order valence-electron chi connectivity index (χ1n) is 7.26. The van der Waals surface area contributed by atoms with Gasteiger partial charge in [0.1, 0.15) is 0 Å². The lowest BCUT2D eigenvalue weighted by molar-refractivity contribution is -0.121. The van der Waals surface area contributed by atoms with Crippen LogP contribution in [0, 0.1) is 0 Å². The molecule has 2 fully saturated rings. The van der Waals surface area contributed by atoms with Crippen molar-refractivity contribution >= 4 is 21.7 Å². The SMILES string of the molecule is CS(=O)(=O)c1ccc(C(=O)N2C3CCC2CC(=O)NC3)cc1. The molecule has 1 N–H and O–H groups in total. The van der Waals surface area contributed by atoms with Gasteiger partial charge < -0.3 is 10.2 Å². The summed E-state index contributed by atoms with van der Waals surface area (Å²) in [4.78, 5) is 26.3. The van der Waals surface area contributed by atoms with Crippen LogP contribution in [0.25, 0.3) is 0 Å². The summed E-state index contributed by atoms with van der Waals surface area (Å²) in [5.74, 6) is -0.151. The lowest BCUT2D eigenvalue weighted by Crippen LogP contribution is -2.42. The predicted molar refractivity (Wildman–Crippen MR) is 80.2 cm³/mol. The molecule has 7 heteroatoms. The van der Waals surface area contributed by atoms with Crippen molar-refractivity contribution in [1.29, 1.82) is 0 Å². The second-order valence-electron chi connectivity index (χ2n) is 5.90. The first-order chi connectivity index (χ1) is 10.4. The molecular weight excluding hydrogens is 304 g/mol. The number of hydrogen-bond donors (Lipinski definition) is 1. The van der Waals surface area contributed by atoms with Crippen molar-refractivity contribution in [3.8, 4) is 0 Å². The minimum absolute atomic E-state index is 0.0163. The van der Waals surface area contributed by atoms with Crippen LogP contribution in [0.4, 0.5) is 0 Å². The van der Waals surface area contributed by atoms with Crippen molar-refractivity contribution in [2.24, 2.45) is 0 Å². The molecule has 1 aromatic carbocycles. The first kappa shape index (κ1) is 15.0. The van der Waals surface area contributed by atoms with E-state index in [1.807, 2.05) is 0 Å².